The molecule has 3 aromatic rings. The Morgan fingerprint density at radius 1 is 1.04 bits per heavy atom. The molecule has 1 N–H and O–H groups in total. The summed E-state index contributed by atoms with van der Waals surface area (Å²) in [6.07, 6.45) is 0. The van der Waals surface area contributed by atoms with E-state index in [2.05, 4.69) is 5.32 Å². The third-order valence-electron chi connectivity index (χ3n) is 3.25. The third-order valence-corrected chi connectivity index (χ3v) is 3.69. The first-order valence-corrected chi connectivity index (χ1v) is 7.50. The summed E-state index contributed by atoms with van der Waals surface area (Å²) in [4.78, 5) is 24.3. The molecule has 0 unspecified atom stereocenters. The highest BCUT2D eigenvalue weighted by Gasteiger charge is 2.14. The van der Waals surface area contributed by atoms with Gasteiger partial charge in [0.25, 0.3) is 5.91 Å². The number of anilines is 1. The number of hydrogen-bond donors (Lipinski definition) is 1. The van der Waals surface area contributed by atoms with E-state index in [4.69, 9.17) is 27.6 Å². The second-order valence-electron chi connectivity index (χ2n) is 5.10. The van der Waals surface area contributed by atoms with Gasteiger partial charge >= 0.3 is 5.63 Å². The van der Waals surface area contributed by atoms with Crippen LogP contribution < -0.4 is 10.9 Å². The average molecular weight is 348 g/mol. The molecule has 6 heteroatoms. The first-order chi connectivity index (χ1) is 10.9. The molecule has 0 aliphatic carbocycles. The monoisotopic (exact) mass is 347 g/mol. The van der Waals surface area contributed by atoms with Crippen molar-refractivity contribution in [2.45, 2.75) is 6.92 Å². The number of aryl methyl sites for hydroxylation is 1. The molecule has 0 aliphatic heterocycles. The Morgan fingerprint density at radius 2 is 1.74 bits per heavy atom. The molecule has 1 amide bonds. The quantitative estimate of drug-likeness (QED) is 0.685. The van der Waals surface area contributed by atoms with E-state index in [9.17, 15) is 9.59 Å². The van der Waals surface area contributed by atoms with Crippen molar-refractivity contribution in [2.75, 3.05) is 5.32 Å². The molecular formula is C17H11Cl2NO3. The van der Waals surface area contributed by atoms with Gasteiger partial charge in [0.1, 0.15) is 11.1 Å². The Balaban J connectivity index is 2.00. The van der Waals surface area contributed by atoms with Gasteiger partial charge < -0.3 is 9.73 Å². The number of halogens is 2. The smallest absolute Gasteiger partial charge is 0.349 e. The number of rotatable bonds is 2. The molecule has 23 heavy (non-hydrogen) atoms. The summed E-state index contributed by atoms with van der Waals surface area (Å²) in [5.41, 5.74) is 1.05. The minimum absolute atomic E-state index is 0.0841. The summed E-state index contributed by atoms with van der Waals surface area (Å²) in [7, 11) is 0. The van der Waals surface area contributed by atoms with Gasteiger partial charge in [-0.2, -0.15) is 0 Å². The molecule has 0 bridgehead atoms. The molecule has 116 valence electrons. The minimum Gasteiger partial charge on any atom is -0.422 e. The fourth-order valence-corrected chi connectivity index (χ4v) is 2.75. The second-order valence-corrected chi connectivity index (χ2v) is 5.97. The van der Waals surface area contributed by atoms with E-state index >= 15 is 0 Å². The zero-order chi connectivity index (χ0) is 16.6. The molecule has 0 aliphatic rings. The largest absolute Gasteiger partial charge is 0.422 e. The maximum absolute atomic E-state index is 12.3. The third kappa shape index (κ3) is 3.38. The fraction of sp³-hybridized carbons (Fsp3) is 0.0588. The highest BCUT2D eigenvalue weighted by molar-refractivity contribution is 6.35. The number of carbonyl (C=O) groups excluding carboxylic acids is 1. The predicted octanol–water partition coefficient (Wildman–Crippen LogP) is 4.66. The molecule has 0 radical (unpaired) electrons. The van der Waals surface area contributed by atoms with Crippen LogP contribution >= 0.6 is 23.2 Å². The van der Waals surface area contributed by atoms with Crippen molar-refractivity contribution in [3.05, 3.63) is 74.1 Å². The van der Waals surface area contributed by atoms with Gasteiger partial charge in [-0.05, 0) is 43.3 Å². The number of nitrogens with one attached hydrogen (secondary N) is 1. The van der Waals surface area contributed by atoms with E-state index in [0.29, 0.717) is 26.7 Å². The summed E-state index contributed by atoms with van der Waals surface area (Å²) >= 11 is 11.8. The summed E-state index contributed by atoms with van der Waals surface area (Å²) < 4.78 is 5.19. The van der Waals surface area contributed by atoms with Crippen LogP contribution in [0.25, 0.3) is 11.0 Å². The Morgan fingerprint density at radius 3 is 2.43 bits per heavy atom. The average Bonchev–Trinajstić information content (AvgIpc) is 2.45. The van der Waals surface area contributed by atoms with Crippen LogP contribution in [-0.2, 0) is 0 Å². The summed E-state index contributed by atoms with van der Waals surface area (Å²) in [5, 5.41) is 4.04. The van der Waals surface area contributed by atoms with Gasteiger partial charge in [-0.15, -0.1) is 0 Å². The van der Waals surface area contributed by atoms with E-state index in [0.717, 1.165) is 5.56 Å². The predicted molar refractivity (Wildman–Crippen MR) is 91.6 cm³/mol. The molecule has 0 saturated carbocycles. The molecular weight excluding hydrogens is 337 g/mol. The van der Waals surface area contributed by atoms with E-state index in [-0.39, 0.29) is 5.56 Å². The van der Waals surface area contributed by atoms with Crippen LogP contribution in [0.2, 0.25) is 10.0 Å². The van der Waals surface area contributed by atoms with E-state index in [1.807, 2.05) is 19.1 Å². The summed E-state index contributed by atoms with van der Waals surface area (Å²) in [5.74, 6) is -0.583. The van der Waals surface area contributed by atoms with Crippen LogP contribution in [0.4, 0.5) is 5.69 Å². The molecule has 4 nitrogen and oxygen atoms in total. The molecule has 0 atom stereocenters. The van der Waals surface area contributed by atoms with Crippen molar-refractivity contribution in [3.8, 4) is 0 Å². The number of hydrogen-bond acceptors (Lipinski definition) is 3. The lowest BCUT2D eigenvalue weighted by atomic mass is 10.1. The molecule has 0 saturated heterocycles. The molecule has 0 spiro atoms. The maximum atomic E-state index is 12.3. The number of amides is 1. The molecule has 3 rings (SSSR count). The van der Waals surface area contributed by atoms with Gasteiger partial charge in [-0.1, -0.05) is 34.8 Å². The Bertz CT molecular complexity index is 959. The van der Waals surface area contributed by atoms with Gasteiger partial charge in [0.2, 0.25) is 0 Å². The second kappa shape index (κ2) is 6.07. The van der Waals surface area contributed by atoms with Crippen molar-refractivity contribution in [3.63, 3.8) is 0 Å². The van der Waals surface area contributed by atoms with Crippen LogP contribution in [0.15, 0.2) is 51.7 Å². The Hall–Kier alpha value is -2.30. The highest BCUT2D eigenvalue weighted by atomic mass is 35.5. The van der Waals surface area contributed by atoms with Crippen molar-refractivity contribution >= 4 is 45.8 Å². The number of carbonyl (C=O) groups is 1. The fourth-order valence-electron chi connectivity index (χ4n) is 2.23. The summed E-state index contributed by atoms with van der Waals surface area (Å²) in [6, 6.07) is 11.5. The Kier molecular flexibility index (Phi) is 4.11. The lowest BCUT2D eigenvalue weighted by molar-refractivity contribution is 0.102. The van der Waals surface area contributed by atoms with Crippen molar-refractivity contribution < 1.29 is 9.21 Å². The van der Waals surface area contributed by atoms with Crippen LogP contribution in [-0.4, -0.2) is 5.91 Å². The normalized spacial score (nSPS) is 10.7. The van der Waals surface area contributed by atoms with Crippen LogP contribution in [0.3, 0.4) is 0 Å². The van der Waals surface area contributed by atoms with E-state index < -0.39 is 11.5 Å². The van der Waals surface area contributed by atoms with Crippen LogP contribution in [0, 0.1) is 6.92 Å². The van der Waals surface area contributed by atoms with Gasteiger partial charge in [-0.3, -0.25) is 4.79 Å². The van der Waals surface area contributed by atoms with Gasteiger partial charge in [0.15, 0.2) is 0 Å². The first kappa shape index (κ1) is 15.6. The molecule has 0 fully saturated rings. The van der Waals surface area contributed by atoms with Crippen LogP contribution in [0.5, 0.6) is 0 Å². The Labute approximate surface area is 141 Å². The molecule has 2 aromatic carbocycles. The van der Waals surface area contributed by atoms with Gasteiger partial charge in [0, 0.05) is 21.1 Å². The lowest BCUT2D eigenvalue weighted by Crippen LogP contribution is -2.20. The van der Waals surface area contributed by atoms with Gasteiger partial charge in [-0.25, -0.2) is 4.79 Å². The van der Waals surface area contributed by atoms with Crippen molar-refractivity contribution in [2.24, 2.45) is 0 Å². The number of fused-ring (bicyclic) bond motifs is 1. The summed E-state index contributed by atoms with van der Waals surface area (Å²) in [6.45, 7) is 1.91. The first-order valence-electron chi connectivity index (χ1n) is 6.74. The topological polar surface area (TPSA) is 59.3 Å². The van der Waals surface area contributed by atoms with Crippen molar-refractivity contribution in [1.82, 2.24) is 0 Å². The lowest BCUT2D eigenvalue weighted by Gasteiger charge is -2.06. The number of benzene rings is 2. The standard InChI is InChI=1S/C17H11Cl2NO3/c1-9-2-3-15-10(4-9)5-14(17(22)23-15)16(21)20-13-7-11(18)6-12(19)8-13/h2-8H,1H3,(H,20,21). The maximum Gasteiger partial charge on any atom is 0.349 e. The van der Waals surface area contributed by atoms with Crippen LogP contribution in [0.1, 0.15) is 15.9 Å². The van der Waals surface area contributed by atoms with Gasteiger partial charge in [0.05, 0.1) is 0 Å². The SMILES string of the molecule is Cc1ccc2oc(=O)c(C(=O)Nc3cc(Cl)cc(Cl)c3)cc2c1. The molecule has 1 heterocycles. The minimum atomic E-state index is -0.702. The molecule has 1 aromatic heterocycles. The van der Waals surface area contributed by atoms with E-state index in [1.54, 1.807) is 12.1 Å². The zero-order valence-corrected chi connectivity index (χ0v) is 13.5. The highest BCUT2D eigenvalue weighted by Crippen LogP contribution is 2.23. The van der Waals surface area contributed by atoms with Crippen molar-refractivity contribution in [1.29, 1.82) is 0 Å². The zero-order valence-electron chi connectivity index (χ0n) is 12.0. The van der Waals surface area contributed by atoms with E-state index in [1.165, 1.54) is 18.2 Å².